The number of aromatic amines is 2. The molecular formula is C27H22N4. The quantitative estimate of drug-likeness (QED) is 0.329. The van der Waals surface area contributed by atoms with Crippen molar-refractivity contribution in [3.05, 3.63) is 102 Å². The first-order valence-corrected chi connectivity index (χ1v) is 10.2. The molecule has 150 valence electrons. The lowest BCUT2D eigenvalue weighted by atomic mass is 10.1. The zero-order valence-electron chi connectivity index (χ0n) is 17.3. The van der Waals surface area contributed by atoms with E-state index in [4.69, 9.17) is 9.97 Å². The van der Waals surface area contributed by atoms with Gasteiger partial charge in [-0.2, -0.15) is 0 Å². The van der Waals surface area contributed by atoms with Gasteiger partial charge in [-0.15, -0.1) is 0 Å². The van der Waals surface area contributed by atoms with Crippen LogP contribution in [0.4, 0.5) is 0 Å². The smallest absolute Gasteiger partial charge is 0.0736 e. The summed E-state index contributed by atoms with van der Waals surface area (Å²) in [6.45, 7) is 10.1. The summed E-state index contributed by atoms with van der Waals surface area (Å²) >= 11 is 0. The Balaban J connectivity index is 1.87. The summed E-state index contributed by atoms with van der Waals surface area (Å²) in [6.07, 6.45) is 13.7. The number of rotatable bonds is 3. The van der Waals surface area contributed by atoms with Crippen LogP contribution in [0.5, 0.6) is 0 Å². The molecular weight excluding hydrogens is 380 g/mol. The maximum Gasteiger partial charge on any atom is 0.0736 e. The molecule has 0 saturated heterocycles. The van der Waals surface area contributed by atoms with E-state index in [9.17, 15) is 0 Å². The number of aromatic nitrogens is 4. The van der Waals surface area contributed by atoms with Crippen molar-refractivity contribution in [2.24, 2.45) is 0 Å². The largest absolute Gasteiger partial charge is 0.355 e. The topological polar surface area (TPSA) is 57.4 Å². The fourth-order valence-corrected chi connectivity index (χ4v) is 3.82. The first-order chi connectivity index (χ1) is 15.1. The lowest BCUT2D eigenvalue weighted by Gasteiger charge is -2.02. The van der Waals surface area contributed by atoms with Crippen LogP contribution in [0.15, 0.2) is 67.8 Å². The van der Waals surface area contributed by atoms with Crippen LogP contribution in [0.25, 0.3) is 51.9 Å². The average Bonchev–Trinajstić information content (AvgIpc) is 3.55. The Labute approximate surface area is 180 Å². The van der Waals surface area contributed by atoms with E-state index in [1.54, 1.807) is 6.08 Å². The molecule has 0 aliphatic carbocycles. The Kier molecular flexibility index (Phi) is 4.60. The Hall–Kier alpha value is -4.18. The number of hydrogen-bond donors (Lipinski definition) is 2. The van der Waals surface area contributed by atoms with Crippen LogP contribution in [0, 0.1) is 6.92 Å². The second-order valence-electron chi connectivity index (χ2n) is 7.57. The van der Waals surface area contributed by atoms with E-state index < -0.39 is 0 Å². The highest BCUT2D eigenvalue weighted by atomic mass is 14.8. The minimum atomic E-state index is 0.861. The van der Waals surface area contributed by atoms with Gasteiger partial charge < -0.3 is 9.97 Å². The molecule has 0 fully saturated rings. The number of allylic oxidation sites excluding steroid dienone is 4. The first kappa shape index (κ1) is 18.8. The summed E-state index contributed by atoms with van der Waals surface area (Å²) in [5, 5.41) is 0. The number of hydrogen-bond acceptors (Lipinski definition) is 2. The normalized spacial score (nSPS) is 12.5. The molecule has 3 aromatic heterocycles. The second kappa shape index (κ2) is 7.58. The third kappa shape index (κ3) is 3.60. The van der Waals surface area contributed by atoms with Crippen molar-refractivity contribution in [2.75, 3.05) is 0 Å². The summed E-state index contributed by atoms with van der Waals surface area (Å²) in [7, 11) is 0. The van der Waals surface area contributed by atoms with Crippen molar-refractivity contribution >= 4 is 51.9 Å². The lowest BCUT2D eigenvalue weighted by molar-refractivity contribution is 1.27. The third-order valence-corrected chi connectivity index (χ3v) is 5.42. The molecule has 0 amide bonds. The Morgan fingerprint density at radius 2 is 1.45 bits per heavy atom. The maximum atomic E-state index is 4.87. The van der Waals surface area contributed by atoms with Crippen LogP contribution in [-0.2, 0) is 0 Å². The molecule has 0 atom stereocenters. The van der Waals surface area contributed by atoms with Gasteiger partial charge in [0.1, 0.15) is 0 Å². The molecule has 4 heteroatoms. The summed E-state index contributed by atoms with van der Waals surface area (Å²) in [5.74, 6) is 0. The van der Waals surface area contributed by atoms with Crippen molar-refractivity contribution in [3.8, 4) is 0 Å². The van der Waals surface area contributed by atoms with E-state index in [0.29, 0.717) is 0 Å². The van der Waals surface area contributed by atoms with Crippen molar-refractivity contribution in [1.29, 1.82) is 0 Å². The maximum absolute atomic E-state index is 4.87. The SMILES string of the molecule is C=C/C=C\C(=C)c1c2nc(cc3ccc([nH]3)c(C)c3nc(cc4ccc1[nH]4)C=C3)C=C2. The fraction of sp³-hybridized carbons (Fsp3) is 0.0370. The van der Waals surface area contributed by atoms with Crippen LogP contribution >= 0.6 is 0 Å². The highest BCUT2D eigenvalue weighted by molar-refractivity contribution is 5.90. The highest BCUT2D eigenvalue weighted by Crippen LogP contribution is 2.27. The van der Waals surface area contributed by atoms with Crippen molar-refractivity contribution in [1.82, 2.24) is 19.9 Å². The lowest BCUT2D eigenvalue weighted by Crippen LogP contribution is -1.87. The van der Waals surface area contributed by atoms with Gasteiger partial charge in [0.05, 0.1) is 22.8 Å². The molecule has 2 aliphatic rings. The van der Waals surface area contributed by atoms with Gasteiger partial charge in [0.25, 0.3) is 0 Å². The summed E-state index contributed by atoms with van der Waals surface area (Å²) in [4.78, 5) is 16.6. The molecule has 8 bridgehead atoms. The second-order valence-corrected chi connectivity index (χ2v) is 7.57. The van der Waals surface area contributed by atoms with E-state index in [1.165, 1.54) is 0 Å². The molecule has 0 spiro atoms. The summed E-state index contributed by atoms with van der Waals surface area (Å²) < 4.78 is 0. The molecule has 2 aliphatic heterocycles. The third-order valence-electron chi connectivity index (χ3n) is 5.42. The van der Waals surface area contributed by atoms with E-state index in [-0.39, 0.29) is 0 Å². The fourth-order valence-electron chi connectivity index (χ4n) is 3.82. The average molecular weight is 403 g/mol. The van der Waals surface area contributed by atoms with Gasteiger partial charge in [-0.1, -0.05) is 31.4 Å². The molecule has 2 N–H and O–H groups in total. The van der Waals surface area contributed by atoms with Crippen molar-refractivity contribution < 1.29 is 0 Å². The molecule has 0 saturated carbocycles. The first-order valence-electron chi connectivity index (χ1n) is 10.2. The number of nitrogens with zero attached hydrogens (tertiary/aromatic N) is 2. The van der Waals surface area contributed by atoms with Crippen LogP contribution in [-0.4, -0.2) is 19.9 Å². The molecule has 4 nitrogen and oxygen atoms in total. The monoisotopic (exact) mass is 402 g/mol. The minimum Gasteiger partial charge on any atom is -0.355 e. The molecule has 0 radical (unpaired) electrons. The molecule has 0 aromatic carbocycles. The van der Waals surface area contributed by atoms with Crippen LogP contribution in [0.1, 0.15) is 33.9 Å². The van der Waals surface area contributed by atoms with Crippen LogP contribution in [0.3, 0.4) is 0 Å². The van der Waals surface area contributed by atoms with E-state index in [1.807, 2.05) is 42.5 Å². The molecule has 3 aromatic rings. The Bertz CT molecular complexity index is 1470. The summed E-state index contributed by atoms with van der Waals surface area (Å²) in [5.41, 5.74) is 10.5. The van der Waals surface area contributed by atoms with Gasteiger partial charge in [0, 0.05) is 27.6 Å². The van der Waals surface area contributed by atoms with Crippen LogP contribution in [0.2, 0.25) is 0 Å². The van der Waals surface area contributed by atoms with Gasteiger partial charge >= 0.3 is 0 Å². The standard InChI is InChI=1S/C27H22N4/c1-4-5-6-17(2)27-25-13-9-21(30-25)15-19-7-11-23(28-19)18(3)24-12-8-20(29-24)16-22-10-14-26(27)31-22/h4-16,28,31H,1-2H2,3H3/b6-5-,19-15?,20-16?,21-15?,22-16?,23-18?,24-18?,27-25?,27-26?. The molecule has 0 unspecified atom stereocenters. The molecule has 31 heavy (non-hydrogen) atoms. The van der Waals surface area contributed by atoms with E-state index in [0.717, 1.165) is 61.5 Å². The highest BCUT2D eigenvalue weighted by Gasteiger charge is 2.10. The number of nitrogens with one attached hydrogen (secondary N) is 2. The Morgan fingerprint density at radius 1 is 0.839 bits per heavy atom. The van der Waals surface area contributed by atoms with Gasteiger partial charge in [0.15, 0.2) is 0 Å². The van der Waals surface area contributed by atoms with Crippen molar-refractivity contribution in [3.63, 3.8) is 0 Å². The number of H-pyrrole nitrogens is 2. The molecule has 5 heterocycles. The number of aryl methyl sites for hydroxylation is 1. The van der Waals surface area contributed by atoms with Gasteiger partial charge in [-0.25, -0.2) is 9.97 Å². The summed E-state index contributed by atoms with van der Waals surface area (Å²) in [6, 6.07) is 12.3. The van der Waals surface area contributed by atoms with Crippen molar-refractivity contribution in [2.45, 2.75) is 6.92 Å². The predicted molar refractivity (Wildman–Crippen MR) is 132 cm³/mol. The zero-order chi connectivity index (χ0) is 21.4. The van der Waals surface area contributed by atoms with E-state index in [2.05, 4.69) is 60.4 Å². The minimum absolute atomic E-state index is 0.861. The van der Waals surface area contributed by atoms with Gasteiger partial charge in [-0.3, -0.25) is 0 Å². The molecule has 5 rings (SSSR count). The van der Waals surface area contributed by atoms with Gasteiger partial charge in [-0.05, 0) is 78.8 Å². The Morgan fingerprint density at radius 3 is 2.16 bits per heavy atom. The zero-order valence-corrected chi connectivity index (χ0v) is 17.3. The predicted octanol–water partition coefficient (Wildman–Crippen LogP) is 6.72. The number of fused-ring (bicyclic) bond motifs is 8. The van der Waals surface area contributed by atoms with Crippen LogP contribution < -0.4 is 0 Å². The van der Waals surface area contributed by atoms with Gasteiger partial charge in [0.2, 0.25) is 0 Å². The van der Waals surface area contributed by atoms with E-state index >= 15 is 0 Å².